The first-order valence-corrected chi connectivity index (χ1v) is 9.72. The van der Waals surface area contributed by atoms with Crippen LogP contribution in [0.3, 0.4) is 0 Å². The maximum atomic E-state index is 11.5. The molecule has 0 aromatic heterocycles. The van der Waals surface area contributed by atoms with Crippen molar-refractivity contribution in [3.63, 3.8) is 0 Å². The van der Waals surface area contributed by atoms with Crippen molar-refractivity contribution in [3.8, 4) is 0 Å². The number of hydrogen-bond acceptors (Lipinski definition) is 4. The second-order valence-corrected chi connectivity index (χ2v) is 8.64. The van der Waals surface area contributed by atoms with E-state index in [1.165, 1.54) is 16.7 Å². The largest absolute Gasteiger partial charge is 0.255 e. The van der Waals surface area contributed by atoms with Gasteiger partial charge in [-0.3, -0.25) is 5.43 Å². The number of hydrazine groups is 1. The smallest absolute Gasteiger partial charge is 0.153 e. The van der Waals surface area contributed by atoms with E-state index in [0.717, 1.165) is 13.0 Å². The Morgan fingerprint density at radius 2 is 1.86 bits per heavy atom. The van der Waals surface area contributed by atoms with Crippen molar-refractivity contribution in [1.29, 1.82) is 0 Å². The van der Waals surface area contributed by atoms with Crippen LogP contribution in [0.1, 0.15) is 41.0 Å². The van der Waals surface area contributed by atoms with E-state index in [1.807, 2.05) is 6.92 Å². The van der Waals surface area contributed by atoms with Crippen LogP contribution in [-0.2, 0) is 9.84 Å². The number of nitrogens with one attached hydrogen (secondary N) is 1. The fourth-order valence-electron chi connectivity index (χ4n) is 2.66. The van der Waals surface area contributed by atoms with Crippen molar-refractivity contribution in [3.05, 3.63) is 34.9 Å². The number of rotatable bonds is 6. The molecule has 0 aromatic rings. The van der Waals surface area contributed by atoms with Crippen molar-refractivity contribution in [2.45, 2.75) is 47.1 Å². The quantitative estimate of drug-likeness (QED) is 0.602. The van der Waals surface area contributed by atoms with E-state index < -0.39 is 9.84 Å². The first kappa shape index (κ1) is 19.1. The lowest BCUT2D eigenvalue weighted by atomic mass is 10.1. The summed E-state index contributed by atoms with van der Waals surface area (Å²) in [6, 6.07) is 0.0450. The first-order chi connectivity index (χ1) is 10.2. The van der Waals surface area contributed by atoms with Crippen LogP contribution in [0.15, 0.2) is 34.9 Å². The Morgan fingerprint density at radius 3 is 2.45 bits per heavy atom. The Bertz CT molecular complexity index is 555. The molecule has 1 unspecified atom stereocenters. The molecule has 22 heavy (non-hydrogen) atoms. The van der Waals surface area contributed by atoms with E-state index in [4.69, 9.17) is 0 Å². The molecule has 1 saturated heterocycles. The predicted octanol–water partition coefficient (Wildman–Crippen LogP) is 2.86. The number of allylic oxidation sites excluding steroid dienone is 5. The second-order valence-electron chi connectivity index (χ2n) is 6.41. The molecule has 4 nitrogen and oxygen atoms in total. The minimum absolute atomic E-state index is 0.0450. The van der Waals surface area contributed by atoms with Gasteiger partial charge in [-0.15, -0.1) is 0 Å². The van der Waals surface area contributed by atoms with Gasteiger partial charge in [-0.25, -0.2) is 13.4 Å². The van der Waals surface area contributed by atoms with Crippen LogP contribution in [-0.4, -0.2) is 44.1 Å². The average Bonchev–Trinajstić information content (AvgIpc) is 2.34. The molecule has 1 atom stereocenters. The zero-order valence-corrected chi connectivity index (χ0v) is 15.3. The summed E-state index contributed by atoms with van der Waals surface area (Å²) < 4.78 is 23.1. The molecule has 0 bridgehead atoms. The fraction of sp³-hybridized carbons (Fsp3) is 0.647. The van der Waals surface area contributed by atoms with Crippen LogP contribution < -0.4 is 5.43 Å². The average molecular weight is 327 g/mol. The third-order valence-corrected chi connectivity index (χ3v) is 5.36. The Labute approximate surface area is 135 Å². The number of hydrogen-bond donors (Lipinski definition) is 1. The maximum absolute atomic E-state index is 11.5. The zero-order valence-electron chi connectivity index (χ0n) is 14.5. The van der Waals surface area contributed by atoms with Crippen LogP contribution in [0.4, 0.5) is 0 Å². The molecule has 1 rings (SSSR count). The molecule has 1 N–H and O–H groups in total. The number of nitrogens with zero attached hydrogens (tertiary/aromatic N) is 1. The minimum atomic E-state index is -2.84. The molecule has 1 fully saturated rings. The Balaban J connectivity index is 2.39. The summed E-state index contributed by atoms with van der Waals surface area (Å²) in [7, 11) is -2.84. The second kappa shape index (κ2) is 8.65. The monoisotopic (exact) mass is 326 g/mol. The van der Waals surface area contributed by atoms with E-state index in [0.29, 0.717) is 6.54 Å². The highest BCUT2D eigenvalue weighted by Crippen LogP contribution is 2.09. The lowest BCUT2D eigenvalue weighted by Crippen LogP contribution is -2.53. The van der Waals surface area contributed by atoms with Crippen molar-refractivity contribution in [2.75, 3.05) is 24.6 Å². The molecule has 1 aliphatic heterocycles. The molecule has 0 aromatic carbocycles. The number of sulfone groups is 1. The molecule has 0 aliphatic carbocycles. The highest BCUT2D eigenvalue weighted by atomic mass is 32.2. The molecule has 1 heterocycles. The molecule has 5 heteroatoms. The van der Waals surface area contributed by atoms with E-state index >= 15 is 0 Å². The van der Waals surface area contributed by atoms with Gasteiger partial charge in [0.25, 0.3) is 0 Å². The SMILES string of the molecule is CC(C)=CC(C)=CC(C)=CCCNN1CCS(=O)(=O)CC1C. The summed E-state index contributed by atoms with van der Waals surface area (Å²) in [6.07, 6.45) is 7.50. The van der Waals surface area contributed by atoms with Gasteiger partial charge in [0.15, 0.2) is 9.84 Å². The molecule has 0 radical (unpaired) electrons. The molecule has 0 spiro atoms. The minimum Gasteiger partial charge on any atom is -0.255 e. The zero-order chi connectivity index (χ0) is 16.8. The van der Waals surface area contributed by atoms with Crippen molar-refractivity contribution >= 4 is 9.84 Å². The highest BCUT2D eigenvalue weighted by molar-refractivity contribution is 7.91. The molecule has 0 saturated carbocycles. The molecule has 126 valence electrons. The van der Waals surface area contributed by atoms with Gasteiger partial charge >= 0.3 is 0 Å². The van der Waals surface area contributed by atoms with Crippen LogP contribution in [0, 0.1) is 0 Å². The summed E-state index contributed by atoms with van der Waals surface area (Å²) >= 11 is 0. The summed E-state index contributed by atoms with van der Waals surface area (Å²) in [5.74, 6) is 0.503. The van der Waals surface area contributed by atoms with Crippen molar-refractivity contribution in [2.24, 2.45) is 0 Å². The van der Waals surface area contributed by atoms with E-state index in [2.05, 4.69) is 56.4 Å². The van der Waals surface area contributed by atoms with E-state index in [-0.39, 0.29) is 17.5 Å². The van der Waals surface area contributed by atoms with Crippen LogP contribution in [0.2, 0.25) is 0 Å². The third-order valence-electron chi connectivity index (χ3n) is 3.57. The van der Waals surface area contributed by atoms with Gasteiger partial charge < -0.3 is 0 Å². The summed E-state index contributed by atoms with van der Waals surface area (Å²) in [5.41, 5.74) is 7.16. The predicted molar refractivity (Wildman–Crippen MR) is 94.4 cm³/mol. The van der Waals surface area contributed by atoms with Gasteiger partial charge in [0.2, 0.25) is 0 Å². The lowest BCUT2D eigenvalue weighted by molar-refractivity contribution is 0.149. The normalized spacial score (nSPS) is 23.4. The van der Waals surface area contributed by atoms with Crippen LogP contribution in [0.5, 0.6) is 0 Å². The van der Waals surface area contributed by atoms with Crippen LogP contribution in [0.25, 0.3) is 0 Å². The van der Waals surface area contributed by atoms with E-state index in [1.54, 1.807) is 0 Å². The van der Waals surface area contributed by atoms with Gasteiger partial charge in [0.1, 0.15) is 0 Å². The summed E-state index contributed by atoms with van der Waals surface area (Å²) in [6.45, 7) is 11.8. The highest BCUT2D eigenvalue weighted by Gasteiger charge is 2.27. The third kappa shape index (κ3) is 7.38. The first-order valence-electron chi connectivity index (χ1n) is 7.90. The Hall–Kier alpha value is -0.910. The van der Waals surface area contributed by atoms with E-state index in [9.17, 15) is 8.42 Å². The van der Waals surface area contributed by atoms with Gasteiger partial charge in [0.05, 0.1) is 11.5 Å². The van der Waals surface area contributed by atoms with Crippen molar-refractivity contribution < 1.29 is 8.42 Å². The van der Waals surface area contributed by atoms with Gasteiger partial charge in [-0.2, -0.15) is 0 Å². The molecule has 0 amide bonds. The fourth-order valence-corrected chi connectivity index (χ4v) is 4.21. The van der Waals surface area contributed by atoms with Gasteiger partial charge in [-0.05, 0) is 41.0 Å². The molecular weight excluding hydrogens is 296 g/mol. The Morgan fingerprint density at radius 1 is 1.18 bits per heavy atom. The topological polar surface area (TPSA) is 49.4 Å². The lowest BCUT2D eigenvalue weighted by Gasteiger charge is -2.33. The molecular formula is C17H30N2O2S. The van der Waals surface area contributed by atoms with Gasteiger partial charge in [0, 0.05) is 19.1 Å². The molecule has 1 aliphatic rings. The van der Waals surface area contributed by atoms with Crippen molar-refractivity contribution in [1.82, 2.24) is 10.4 Å². The van der Waals surface area contributed by atoms with Gasteiger partial charge in [-0.1, -0.05) is 34.9 Å². The Kier molecular flexibility index (Phi) is 7.53. The van der Waals surface area contributed by atoms with Crippen LogP contribution >= 0.6 is 0 Å². The standard InChI is InChI=1S/C17H30N2O2S/c1-14(2)11-16(4)12-15(3)7-6-8-18-19-9-10-22(20,21)13-17(19)5/h7,11-12,17-18H,6,8-10,13H2,1-5H3. The summed E-state index contributed by atoms with van der Waals surface area (Å²) in [4.78, 5) is 0. The summed E-state index contributed by atoms with van der Waals surface area (Å²) in [5, 5.41) is 2.05. The maximum Gasteiger partial charge on any atom is 0.153 e.